The van der Waals surface area contributed by atoms with E-state index in [1.807, 2.05) is 19.9 Å². The van der Waals surface area contributed by atoms with Gasteiger partial charge in [-0.25, -0.2) is 4.57 Å². The minimum Gasteiger partial charge on any atom is -0.416 e. The molecule has 0 fully saturated rings. The van der Waals surface area contributed by atoms with Gasteiger partial charge < -0.3 is 4.52 Å². The average molecular weight is 238 g/mol. The third-order valence-electron chi connectivity index (χ3n) is 1.88. The molecule has 0 aliphatic carbocycles. The zero-order chi connectivity index (χ0) is 12.2. The standard InChI is InChI=1S/C12H15O3P/c1-5-14-16(13,6-2)15-12-8-10(3)7-11(4)9-12/h2,7-9H,5H2,1,3-4H3. The first-order valence-electron chi connectivity index (χ1n) is 4.99. The van der Waals surface area contributed by atoms with Crippen molar-refractivity contribution in [1.82, 2.24) is 0 Å². The van der Waals surface area contributed by atoms with Crippen LogP contribution in [0.3, 0.4) is 0 Å². The van der Waals surface area contributed by atoms with Crippen LogP contribution in [0.25, 0.3) is 0 Å². The molecule has 0 spiro atoms. The summed E-state index contributed by atoms with van der Waals surface area (Å²) in [6, 6.07) is 5.54. The summed E-state index contributed by atoms with van der Waals surface area (Å²) in [7, 11) is -3.43. The van der Waals surface area contributed by atoms with Crippen LogP contribution in [-0.2, 0) is 9.09 Å². The lowest BCUT2D eigenvalue weighted by Crippen LogP contribution is -1.96. The first kappa shape index (κ1) is 12.8. The van der Waals surface area contributed by atoms with Crippen LogP contribution < -0.4 is 4.52 Å². The third-order valence-corrected chi connectivity index (χ3v) is 3.24. The van der Waals surface area contributed by atoms with Crippen molar-refractivity contribution in [2.24, 2.45) is 0 Å². The van der Waals surface area contributed by atoms with Crippen molar-refractivity contribution in [2.45, 2.75) is 20.8 Å². The van der Waals surface area contributed by atoms with E-state index < -0.39 is 7.60 Å². The van der Waals surface area contributed by atoms with Crippen LogP contribution in [0.15, 0.2) is 18.2 Å². The summed E-state index contributed by atoms with van der Waals surface area (Å²) in [6.45, 7) is 5.84. The molecule has 0 saturated heterocycles. The van der Waals surface area contributed by atoms with Gasteiger partial charge in [-0.2, -0.15) is 0 Å². The molecule has 0 amide bonds. The Labute approximate surface area is 96.3 Å². The predicted octanol–water partition coefficient (Wildman–Crippen LogP) is 3.50. The first-order valence-corrected chi connectivity index (χ1v) is 6.53. The number of benzene rings is 1. The second kappa shape index (κ2) is 5.21. The summed E-state index contributed by atoms with van der Waals surface area (Å²) in [5.74, 6) is 0.479. The van der Waals surface area contributed by atoms with E-state index in [0.29, 0.717) is 5.75 Å². The molecule has 0 bridgehead atoms. The van der Waals surface area contributed by atoms with Crippen LogP contribution in [0.2, 0.25) is 0 Å². The Hall–Kier alpha value is -1.23. The Balaban J connectivity index is 2.95. The lowest BCUT2D eigenvalue weighted by Gasteiger charge is -2.13. The smallest absolute Gasteiger partial charge is 0.416 e. The van der Waals surface area contributed by atoms with Crippen LogP contribution in [0.1, 0.15) is 18.1 Å². The van der Waals surface area contributed by atoms with Crippen molar-refractivity contribution < 1.29 is 13.6 Å². The molecule has 0 radical (unpaired) electrons. The van der Waals surface area contributed by atoms with Gasteiger partial charge in [0.2, 0.25) is 0 Å². The Morgan fingerprint density at radius 2 is 1.88 bits per heavy atom. The molecule has 0 heterocycles. The minimum absolute atomic E-state index is 0.256. The number of hydrogen-bond donors (Lipinski definition) is 0. The van der Waals surface area contributed by atoms with Gasteiger partial charge in [-0.1, -0.05) is 6.07 Å². The van der Waals surface area contributed by atoms with Gasteiger partial charge in [-0.05, 0) is 44.0 Å². The summed E-state index contributed by atoms with van der Waals surface area (Å²) in [5, 5.41) is 0. The molecule has 0 saturated carbocycles. The molecule has 0 aromatic heterocycles. The van der Waals surface area contributed by atoms with Gasteiger partial charge in [0.25, 0.3) is 0 Å². The SMILES string of the molecule is C#CP(=O)(OCC)Oc1cc(C)cc(C)c1. The van der Waals surface area contributed by atoms with E-state index in [9.17, 15) is 4.57 Å². The van der Waals surface area contributed by atoms with Crippen molar-refractivity contribution in [3.8, 4) is 17.8 Å². The molecule has 0 aliphatic heterocycles. The monoisotopic (exact) mass is 238 g/mol. The molecule has 4 heteroatoms. The van der Waals surface area contributed by atoms with Crippen molar-refractivity contribution in [3.05, 3.63) is 29.3 Å². The molecule has 0 aliphatic rings. The van der Waals surface area contributed by atoms with Gasteiger partial charge in [0.05, 0.1) is 6.61 Å². The maximum Gasteiger partial charge on any atom is 0.456 e. The van der Waals surface area contributed by atoms with E-state index >= 15 is 0 Å². The Morgan fingerprint density at radius 1 is 1.31 bits per heavy atom. The summed E-state index contributed by atoms with van der Waals surface area (Å²) < 4.78 is 22.1. The van der Waals surface area contributed by atoms with Gasteiger partial charge in [-0.15, -0.1) is 6.42 Å². The Kier molecular flexibility index (Phi) is 4.18. The Morgan fingerprint density at radius 3 is 2.31 bits per heavy atom. The molecule has 16 heavy (non-hydrogen) atoms. The van der Waals surface area contributed by atoms with Crippen LogP contribution >= 0.6 is 7.60 Å². The van der Waals surface area contributed by atoms with Gasteiger partial charge in [0, 0.05) is 5.66 Å². The predicted molar refractivity (Wildman–Crippen MR) is 64.6 cm³/mol. The topological polar surface area (TPSA) is 35.5 Å². The van der Waals surface area contributed by atoms with Crippen molar-refractivity contribution >= 4 is 7.60 Å². The lowest BCUT2D eigenvalue weighted by molar-refractivity contribution is 0.290. The van der Waals surface area contributed by atoms with E-state index in [4.69, 9.17) is 15.5 Å². The lowest BCUT2D eigenvalue weighted by atomic mass is 10.1. The quantitative estimate of drug-likeness (QED) is 0.594. The second-order valence-electron chi connectivity index (χ2n) is 3.46. The largest absolute Gasteiger partial charge is 0.456 e. The van der Waals surface area contributed by atoms with E-state index in [1.54, 1.807) is 19.1 Å². The van der Waals surface area contributed by atoms with E-state index in [1.165, 1.54) is 0 Å². The van der Waals surface area contributed by atoms with Crippen LogP contribution in [0.5, 0.6) is 5.75 Å². The zero-order valence-electron chi connectivity index (χ0n) is 9.69. The van der Waals surface area contributed by atoms with Crippen molar-refractivity contribution in [1.29, 1.82) is 0 Å². The molecule has 1 atom stereocenters. The van der Waals surface area contributed by atoms with Gasteiger partial charge in [-0.3, -0.25) is 4.52 Å². The molecule has 1 rings (SSSR count). The summed E-state index contributed by atoms with van der Waals surface area (Å²) in [4.78, 5) is 0. The van der Waals surface area contributed by atoms with Gasteiger partial charge in [0.15, 0.2) is 0 Å². The minimum atomic E-state index is -3.43. The van der Waals surface area contributed by atoms with E-state index in [-0.39, 0.29) is 6.61 Å². The highest BCUT2D eigenvalue weighted by Gasteiger charge is 2.22. The van der Waals surface area contributed by atoms with Crippen molar-refractivity contribution in [2.75, 3.05) is 6.61 Å². The van der Waals surface area contributed by atoms with Crippen molar-refractivity contribution in [3.63, 3.8) is 0 Å². The summed E-state index contributed by atoms with van der Waals surface area (Å²) >= 11 is 0. The molecule has 1 aromatic rings. The average Bonchev–Trinajstić information content (AvgIpc) is 2.16. The summed E-state index contributed by atoms with van der Waals surface area (Å²) in [6.07, 6.45) is 5.15. The third kappa shape index (κ3) is 3.41. The molecule has 1 unspecified atom stereocenters. The van der Waals surface area contributed by atoms with E-state index in [0.717, 1.165) is 11.1 Å². The van der Waals surface area contributed by atoms with E-state index in [2.05, 4.69) is 5.66 Å². The maximum atomic E-state index is 11.9. The summed E-state index contributed by atoms with van der Waals surface area (Å²) in [5.41, 5.74) is 4.12. The van der Waals surface area contributed by atoms with Gasteiger partial charge in [0.1, 0.15) is 5.75 Å². The molecular weight excluding hydrogens is 223 g/mol. The highest BCUT2D eigenvalue weighted by molar-refractivity contribution is 7.59. The fourth-order valence-electron chi connectivity index (χ4n) is 1.38. The van der Waals surface area contributed by atoms with Gasteiger partial charge >= 0.3 is 7.60 Å². The maximum absolute atomic E-state index is 11.9. The van der Waals surface area contributed by atoms with Crippen LogP contribution in [0, 0.1) is 25.9 Å². The molecule has 1 aromatic carbocycles. The number of terminal acetylenes is 1. The molecule has 86 valence electrons. The first-order chi connectivity index (χ1) is 7.49. The molecular formula is C12H15O3P. The van der Waals surface area contributed by atoms with Crippen LogP contribution in [-0.4, -0.2) is 6.61 Å². The normalized spacial score (nSPS) is 13.9. The van der Waals surface area contributed by atoms with Crippen LogP contribution in [0.4, 0.5) is 0 Å². The highest BCUT2D eigenvalue weighted by Crippen LogP contribution is 2.47. The number of hydrogen-bond acceptors (Lipinski definition) is 3. The second-order valence-corrected chi connectivity index (χ2v) is 5.15. The number of rotatable bonds is 4. The zero-order valence-corrected chi connectivity index (χ0v) is 10.6. The highest BCUT2D eigenvalue weighted by atomic mass is 31.2. The fraction of sp³-hybridized carbons (Fsp3) is 0.333. The molecule has 0 N–H and O–H groups in total. The number of aryl methyl sites for hydroxylation is 2. The fourth-order valence-corrected chi connectivity index (χ4v) is 2.29. The molecule has 3 nitrogen and oxygen atoms in total. The Bertz CT molecular complexity index is 440.